The fourth-order valence-corrected chi connectivity index (χ4v) is 2.25. The predicted octanol–water partition coefficient (Wildman–Crippen LogP) is 3.14. The van der Waals surface area contributed by atoms with Gasteiger partial charge in [0.05, 0.1) is 27.0 Å². The summed E-state index contributed by atoms with van der Waals surface area (Å²) in [5.74, 6) is -0.891. The van der Waals surface area contributed by atoms with Crippen molar-refractivity contribution >= 4 is 11.6 Å². The van der Waals surface area contributed by atoms with Gasteiger partial charge in [-0.1, -0.05) is 0 Å². The number of ether oxygens (including phenoxy) is 3. The quantitative estimate of drug-likeness (QED) is 0.632. The van der Waals surface area contributed by atoms with Gasteiger partial charge in [-0.25, -0.2) is 14.2 Å². The van der Waals surface area contributed by atoms with E-state index in [1.165, 1.54) is 40.4 Å². The molecule has 0 atom stereocenters. The Morgan fingerprint density at radius 2 is 1.62 bits per heavy atom. The van der Waals surface area contributed by atoms with Crippen LogP contribution in [0, 0.1) is 11.6 Å². The van der Waals surface area contributed by atoms with Crippen molar-refractivity contribution in [3.63, 3.8) is 0 Å². The van der Waals surface area contributed by atoms with E-state index in [2.05, 4.69) is 10.5 Å². The van der Waals surface area contributed by atoms with Gasteiger partial charge in [0.1, 0.15) is 11.6 Å². The number of halogens is 2. The van der Waals surface area contributed by atoms with Crippen molar-refractivity contribution in [2.45, 2.75) is 6.92 Å². The molecular weight excluding hydrogens is 346 g/mol. The lowest BCUT2D eigenvalue weighted by atomic mass is 10.1. The highest BCUT2D eigenvalue weighted by Crippen LogP contribution is 2.38. The van der Waals surface area contributed by atoms with Crippen molar-refractivity contribution in [3.8, 4) is 17.2 Å². The van der Waals surface area contributed by atoms with Gasteiger partial charge in [0.25, 0.3) is 5.91 Å². The molecule has 2 rings (SSSR count). The number of amides is 1. The molecule has 1 amide bonds. The van der Waals surface area contributed by atoms with Gasteiger partial charge >= 0.3 is 0 Å². The van der Waals surface area contributed by atoms with Crippen LogP contribution in [0.2, 0.25) is 0 Å². The third-order valence-corrected chi connectivity index (χ3v) is 3.57. The number of hydrogen-bond donors (Lipinski definition) is 1. The monoisotopic (exact) mass is 364 g/mol. The smallest absolute Gasteiger partial charge is 0.271 e. The molecule has 0 heterocycles. The molecule has 0 aromatic heterocycles. The largest absolute Gasteiger partial charge is 0.493 e. The van der Waals surface area contributed by atoms with Crippen molar-refractivity contribution in [1.29, 1.82) is 0 Å². The first-order chi connectivity index (χ1) is 12.4. The summed E-state index contributed by atoms with van der Waals surface area (Å²) in [6.07, 6.45) is 0. The lowest BCUT2D eigenvalue weighted by molar-refractivity contribution is 0.0954. The van der Waals surface area contributed by atoms with Crippen molar-refractivity contribution < 1.29 is 27.8 Å². The third kappa shape index (κ3) is 4.08. The van der Waals surface area contributed by atoms with E-state index in [1.54, 1.807) is 0 Å². The van der Waals surface area contributed by atoms with Gasteiger partial charge in [0.15, 0.2) is 11.5 Å². The van der Waals surface area contributed by atoms with E-state index < -0.39 is 17.5 Å². The Bertz CT molecular complexity index is 828. The molecule has 0 unspecified atom stereocenters. The normalized spacial score (nSPS) is 11.1. The number of benzene rings is 2. The average Bonchev–Trinajstić information content (AvgIpc) is 2.66. The van der Waals surface area contributed by atoms with Crippen molar-refractivity contribution in [1.82, 2.24) is 5.43 Å². The maximum atomic E-state index is 13.7. The average molecular weight is 364 g/mol. The van der Waals surface area contributed by atoms with Crippen LogP contribution >= 0.6 is 0 Å². The zero-order valence-corrected chi connectivity index (χ0v) is 14.7. The summed E-state index contributed by atoms with van der Waals surface area (Å²) in [5.41, 5.74) is 2.55. The Hall–Kier alpha value is -3.16. The van der Waals surface area contributed by atoms with Crippen LogP contribution in [0.3, 0.4) is 0 Å². The van der Waals surface area contributed by atoms with E-state index in [0.29, 0.717) is 17.2 Å². The van der Waals surface area contributed by atoms with Crippen LogP contribution < -0.4 is 19.6 Å². The van der Waals surface area contributed by atoms with Crippen molar-refractivity contribution in [2.24, 2.45) is 5.10 Å². The SMILES string of the molecule is COc1cc(C(=O)N/N=C(/C)c2cc(F)ccc2F)cc(OC)c1OC. The van der Waals surface area contributed by atoms with Gasteiger partial charge in [0, 0.05) is 11.1 Å². The van der Waals surface area contributed by atoms with Gasteiger partial charge in [-0.3, -0.25) is 4.79 Å². The summed E-state index contributed by atoms with van der Waals surface area (Å²) < 4.78 is 42.6. The molecule has 0 fully saturated rings. The number of carbonyl (C=O) groups is 1. The first-order valence-corrected chi connectivity index (χ1v) is 7.51. The van der Waals surface area contributed by atoms with E-state index in [-0.39, 0.29) is 16.8 Å². The molecule has 0 saturated carbocycles. The van der Waals surface area contributed by atoms with Gasteiger partial charge in [-0.05, 0) is 37.3 Å². The first-order valence-electron chi connectivity index (χ1n) is 7.51. The van der Waals surface area contributed by atoms with E-state index in [0.717, 1.165) is 18.2 Å². The van der Waals surface area contributed by atoms with Crippen LogP contribution in [0.5, 0.6) is 17.2 Å². The number of carbonyl (C=O) groups excluding carboxylic acids is 1. The first kappa shape index (κ1) is 19.2. The summed E-state index contributed by atoms with van der Waals surface area (Å²) in [6.45, 7) is 1.45. The zero-order valence-electron chi connectivity index (χ0n) is 14.7. The van der Waals surface area contributed by atoms with Crippen LogP contribution in [0.4, 0.5) is 8.78 Å². The minimum Gasteiger partial charge on any atom is -0.493 e. The second-order valence-electron chi connectivity index (χ2n) is 5.18. The molecule has 0 aliphatic heterocycles. The van der Waals surface area contributed by atoms with Gasteiger partial charge in [-0.2, -0.15) is 5.10 Å². The minimum atomic E-state index is -0.644. The molecule has 1 N–H and O–H groups in total. The van der Waals surface area contributed by atoms with Crippen LogP contribution in [0.25, 0.3) is 0 Å². The van der Waals surface area contributed by atoms with Crippen molar-refractivity contribution in [2.75, 3.05) is 21.3 Å². The molecule has 2 aromatic carbocycles. The molecule has 138 valence electrons. The number of nitrogens with zero attached hydrogens (tertiary/aromatic N) is 1. The molecule has 6 nitrogen and oxygen atoms in total. The molecule has 2 aromatic rings. The topological polar surface area (TPSA) is 69.2 Å². The van der Waals surface area contributed by atoms with Crippen LogP contribution in [0.15, 0.2) is 35.4 Å². The van der Waals surface area contributed by atoms with Gasteiger partial charge in [0.2, 0.25) is 5.75 Å². The second kappa shape index (κ2) is 8.28. The number of hydrogen-bond acceptors (Lipinski definition) is 5. The summed E-state index contributed by atoms with van der Waals surface area (Å²) in [7, 11) is 4.29. The lowest BCUT2D eigenvalue weighted by Crippen LogP contribution is -2.20. The van der Waals surface area contributed by atoms with Crippen molar-refractivity contribution in [3.05, 3.63) is 53.1 Å². The van der Waals surface area contributed by atoms with Crippen LogP contribution in [-0.2, 0) is 0 Å². The zero-order chi connectivity index (χ0) is 19.3. The molecule has 26 heavy (non-hydrogen) atoms. The molecule has 0 aliphatic rings. The standard InChI is InChI=1S/C18H18F2N2O4/c1-10(13-9-12(19)5-6-14(13)20)21-22-18(23)11-7-15(24-2)17(26-4)16(8-11)25-3/h5-9H,1-4H3,(H,22,23)/b21-10-. The van der Waals surface area contributed by atoms with Gasteiger partial charge in [-0.15, -0.1) is 0 Å². The summed E-state index contributed by atoms with van der Waals surface area (Å²) in [5, 5.41) is 3.82. The number of nitrogens with one attached hydrogen (secondary N) is 1. The highest BCUT2D eigenvalue weighted by atomic mass is 19.1. The molecule has 0 saturated heterocycles. The summed E-state index contributed by atoms with van der Waals surface area (Å²) >= 11 is 0. The second-order valence-corrected chi connectivity index (χ2v) is 5.18. The number of hydrazone groups is 1. The number of rotatable bonds is 6. The van der Waals surface area contributed by atoms with Crippen LogP contribution in [0.1, 0.15) is 22.8 Å². The van der Waals surface area contributed by atoms with Crippen LogP contribution in [-0.4, -0.2) is 32.9 Å². The lowest BCUT2D eigenvalue weighted by Gasteiger charge is -2.13. The maximum Gasteiger partial charge on any atom is 0.271 e. The van der Waals surface area contributed by atoms with E-state index in [9.17, 15) is 13.6 Å². The van der Waals surface area contributed by atoms with E-state index in [4.69, 9.17) is 14.2 Å². The minimum absolute atomic E-state index is 0.0461. The van der Waals surface area contributed by atoms with Gasteiger partial charge < -0.3 is 14.2 Å². The molecule has 0 radical (unpaired) electrons. The highest BCUT2D eigenvalue weighted by molar-refractivity contribution is 6.01. The highest BCUT2D eigenvalue weighted by Gasteiger charge is 2.17. The predicted molar refractivity (Wildman–Crippen MR) is 92.1 cm³/mol. The molecule has 0 bridgehead atoms. The molecule has 0 spiro atoms. The fourth-order valence-electron chi connectivity index (χ4n) is 2.25. The Morgan fingerprint density at radius 1 is 1.00 bits per heavy atom. The Kier molecular flexibility index (Phi) is 6.11. The summed E-state index contributed by atoms with van der Waals surface area (Å²) in [4.78, 5) is 12.3. The summed E-state index contributed by atoms with van der Waals surface area (Å²) in [6, 6.07) is 5.89. The Labute approximate surface area is 149 Å². The Morgan fingerprint density at radius 3 is 2.15 bits per heavy atom. The molecule has 0 aliphatic carbocycles. The number of methoxy groups -OCH3 is 3. The molecule has 8 heteroatoms. The third-order valence-electron chi connectivity index (χ3n) is 3.57. The van der Waals surface area contributed by atoms with E-state index in [1.807, 2.05) is 0 Å². The van der Waals surface area contributed by atoms with E-state index >= 15 is 0 Å². The Balaban J connectivity index is 2.28. The fraction of sp³-hybridized carbons (Fsp3) is 0.222. The molecular formula is C18H18F2N2O4. The maximum absolute atomic E-state index is 13.7.